The molecule has 0 aliphatic heterocycles. The van der Waals surface area contributed by atoms with Crippen molar-refractivity contribution in [1.29, 1.82) is 0 Å². The zero-order valence-corrected chi connectivity index (χ0v) is 18.9. The van der Waals surface area contributed by atoms with Crippen LogP contribution < -0.4 is 10.1 Å². The summed E-state index contributed by atoms with van der Waals surface area (Å²) in [5, 5.41) is 4.07. The molecule has 2 aromatic rings. The van der Waals surface area contributed by atoms with Gasteiger partial charge in [0, 0.05) is 29.6 Å². The zero-order valence-electron chi connectivity index (χ0n) is 17.4. The molecule has 0 radical (unpaired) electrons. The van der Waals surface area contributed by atoms with Gasteiger partial charge in [-0.05, 0) is 55.7 Å². The van der Waals surface area contributed by atoms with E-state index in [4.69, 9.17) is 27.9 Å². The van der Waals surface area contributed by atoms with E-state index in [-0.39, 0.29) is 24.8 Å². The summed E-state index contributed by atoms with van der Waals surface area (Å²) >= 11 is 12.1. The smallest absolute Gasteiger partial charge is 0.242 e. The van der Waals surface area contributed by atoms with Crippen molar-refractivity contribution in [3.05, 3.63) is 64.1 Å². The minimum Gasteiger partial charge on any atom is -0.494 e. The van der Waals surface area contributed by atoms with Gasteiger partial charge in [-0.1, -0.05) is 48.3 Å². The molecule has 0 saturated carbocycles. The Bertz CT molecular complexity index is 827. The van der Waals surface area contributed by atoms with Gasteiger partial charge in [-0.3, -0.25) is 9.59 Å². The van der Waals surface area contributed by atoms with E-state index in [1.165, 1.54) is 0 Å². The zero-order chi connectivity index (χ0) is 21.9. The van der Waals surface area contributed by atoms with Gasteiger partial charge in [-0.2, -0.15) is 0 Å². The van der Waals surface area contributed by atoms with Gasteiger partial charge in [-0.15, -0.1) is 0 Å². The number of hydrogen-bond acceptors (Lipinski definition) is 3. The van der Waals surface area contributed by atoms with Crippen molar-refractivity contribution < 1.29 is 14.3 Å². The van der Waals surface area contributed by atoms with Gasteiger partial charge >= 0.3 is 0 Å². The Hall–Kier alpha value is -2.24. The summed E-state index contributed by atoms with van der Waals surface area (Å²) in [4.78, 5) is 27.0. The number of amides is 2. The molecule has 7 heteroatoms. The van der Waals surface area contributed by atoms with Crippen molar-refractivity contribution in [2.75, 3.05) is 13.2 Å². The molecule has 2 rings (SSSR count). The Morgan fingerprint density at radius 3 is 2.47 bits per heavy atom. The van der Waals surface area contributed by atoms with E-state index in [0.29, 0.717) is 35.4 Å². The van der Waals surface area contributed by atoms with Gasteiger partial charge in [-0.25, -0.2) is 0 Å². The molecule has 0 bridgehead atoms. The van der Waals surface area contributed by atoms with Gasteiger partial charge in [0.25, 0.3) is 0 Å². The van der Waals surface area contributed by atoms with Crippen molar-refractivity contribution in [2.24, 2.45) is 0 Å². The minimum absolute atomic E-state index is 0.117. The highest BCUT2D eigenvalue weighted by Crippen LogP contribution is 2.20. The first-order valence-corrected chi connectivity index (χ1v) is 10.9. The molecule has 1 atom stereocenters. The second-order valence-corrected chi connectivity index (χ2v) is 7.83. The van der Waals surface area contributed by atoms with E-state index < -0.39 is 6.04 Å². The van der Waals surface area contributed by atoms with Crippen LogP contribution in [0.5, 0.6) is 5.75 Å². The third-order valence-corrected chi connectivity index (χ3v) is 5.25. The van der Waals surface area contributed by atoms with Gasteiger partial charge in [0.1, 0.15) is 11.8 Å². The molecule has 0 aromatic heterocycles. The maximum atomic E-state index is 13.0. The van der Waals surface area contributed by atoms with Crippen molar-refractivity contribution in [3.63, 3.8) is 0 Å². The predicted octanol–water partition coefficient (Wildman–Crippen LogP) is 5.10. The molecule has 0 saturated heterocycles. The average Bonchev–Trinajstić information content (AvgIpc) is 2.75. The number of nitrogens with one attached hydrogen (secondary N) is 1. The first kappa shape index (κ1) is 24.0. The van der Waals surface area contributed by atoms with Gasteiger partial charge in [0.05, 0.1) is 6.61 Å². The van der Waals surface area contributed by atoms with Crippen LogP contribution in [0, 0.1) is 0 Å². The number of nitrogens with zero attached hydrogens (tertiary/aromatic N) is 1. The molecule has 0 fully saturated rings. The normalized spacial score (nSPS) is 11.6. The summed E-state index contributed by atoms with van der Waals surface area (Å²) in [5.41, 5.74) is 0.806. The molecule has 2 aromatic carbocycles. The van der Waals surface area contributed by atoms with Gasteiger partial charge in [0.15, 0.2) is 0 Å². The first-order valence-electron chi connectivity index (χ1n) is 10.1. The molecule has 0 aliphatic carbocycles. The third-order valence-electron chi connectivity index (χ3n) is 4.63. The molecule has 0 aliphatic rings. The second kappa shape index (κ2) is 12.5. The van der Waals surface area contributed by atoms with Crippen LogP contribution in [-0.4, -0.2) is 35.9 Å². The number of halogens is 2. The average molecular weight is 451 g/mol. The van der Waals surface area contributed by atoms with E-state index in [1.54, 1.807) is 42.2 Å². The van der Waals surface area contributed by atoms with E-state index in [2.05, 4.69) is 5.32 Å². The van der Waals surface area contributed by atoms with Gasteiger partial charge in [0.2, 0.25) is 11.8 Å². The Kier molecular flexibility index (Phi) is 9.98. The maximum Gasteiger partial charge on any atom is 0.242 e. The van der Waals surface area contributed by atoms with Crippen LogP contribution in [0.1, 0.15) is 38.7 Å². The fourth-order valence-electron chi connectivity index (χ4n) is 2.88. The molecule has 0 spiro atoms. The monoisotopic (exact) mass is 450 g/mol. The van der Waals surface area contributed by atoms with Crippen LogP contribution in [0.2, 0.25) is 10.0 Å². The lowest BCUT2D eigenvalue weighted by Gasteiger charge is -2.29. The lowest BCUT2D eigenvalue weighted by molar-refractivity contribution is -0.140. The van der Waals surface area contributed by atoms with Crippen molar-refractivity contribution in [2.45, 2.75) is 45.7 Å². The van der Waals surface area contributed by atoms with Crippen molar-refractivity contribution >= 4 is 35.0 Å². The molecule has 0 unspecified atom stereocenters. The van der Waals surface area contributed by atoms with E-state index >= 15 is 0 Å². The number of ether oxygens (including phenoxy) is 1. The van der Waals surface area contributed by atoms with Gasteiger partial charge < -0.3 is 15.0 Å². The number of carbonyl (C=O) groups excluding carboxylic acids is 2. The lowest BCUT2D eigenvalue weighted by atomic mass is 10.1. The van der Waals surface area contributed by atoms with Crippen LogP contribution in [0.15, 0.2) is 48.5 Å². The largest absolute Gasteiger partial charge is 0.494 e. The van der Waals surface area contributed by atoms with E-state index in [9.17, 15) is 9.59 Å². The summed E-state index contributed by atoms with van der Waals surface area (Å²) in [7, 11) is 0. The minimum atomic E-state index is -0.600. The number of rotatable bonds is 11. The quantitative estimate of drug-likeness (QED) is 0.484. The number of carbonyl (C=O) groups is 2. The first-order chi connectivity index (χ1) is 14.4. The molecule has 5 nitrogen and oxygen atoms in total. The fraction of sp³-hybridized carbons (Fsp3) is 0.391. The summed E-state index contributed by atoms with van der Waals surface area (Å²) in [6.45, 7) is 4.97. The van der Waals surface area contributed by atoms with Crippen LogP contribution in [-0.2, 0) is 16.1 Å². The van der Waals surface area contributed by atoms with E-state index in [0.717, 1.165) is 12.0 Å². The number of benzene rings is 2. The number of hydrogen-bond donors (Lipinski definition) is 1. The Morgan fingerprint density at radius 2 is 1.80 bits per heavy atom. The fourth-order valence-corrected chi connectivity index (χ4v) is 3.20. The molecule has 2 amide bonds. The van der Waals surface area contributed by atoms with Crippen LogP contribution in [0.3, 0.4) is 0 Å². The molecular formula is C23H28Cl2N2O3. The van der Waals surface area contributed by atoms with Crippen LogP contribution in [0.25, 0.3) is 0 Å². The molecule has 1 N–H and O–H groups in total. The second-order valence-electron chi connectivity index (χ2n) is 6.99. The van der Waals surface area contributed by atoms with Crippen molar-refractivity contribution in [1.82, 2.24) is 10.2 Å². The molecule has 30 heavy (non-hydrogen) atoms. The third kappa shape index (κ3) is 7.54. The Labute approximate surface area is 188 Å². The van der Waals surface area contributed by atoms with Crippen LogP contribution >= 0.6 is 23.2 Å². The summed E-state index contributed by atoms with van der Waals surface area (Å²) < 4.78 is 5.66. The Balaban J connectivity index is 1.98. The highest BCUT2D eigenvalue weighted by atomic mass is 35.5. The summed E-state index contributed by atoms with van der Waals surface area (Å²) in [6, 6.07) is 13.8. The molecule has 0 heterocycles. The standard InChI is InChI=1S/C23H28Cl2N2O3/c1-3-14-26-23(29)17(2)27(16-18-7-4-5-8-21(18)25)22(28)9-6-15-30-20-12-10-19(24)11-13-20/h4-5,7-8,10-13,17H,3,6,9,14-16H2,1-2H3,(H,26,29)/t17-/m0/s1. The summed E-state index contributed by atoms with van der Waals surface area (Å²) in [6.07, 6.45) is 1.63. The predicted molar refractivity (Wildman–Crippen MR) is 121 cm³/mol. The topological polar surface area (TPSA) is 58.6 Å². The SMILES string of the molecule is CCCNC(=O)[C@H](C)N(Cc1ccccc1Cl)C(=O)CCCOc1ccc(Cl)cc1. The van der Waals surface area contributed by atoms with E-state index in [1.807, 2.05) is 25.1 Å². The summed E-state index contributed by atoms with van der Waals surface area (Å²) in [5.74, 6) is 0.413. The van der Waals surface area contributed by atoms with Crippen LogP contribution in [0.4, 0.5) is 0 Å². The van der Waals surface area contributed by atoms with Crippen molar-refractivity contribution in [3.8, 4) is 5.75 Å². The molecular weight excluding hydrogens is 423 g/mol. The highest BCUT2D eigenvalue weighted by molar-refractivity contribution is 6.31. The maximum absolute atomic E-state index is 13.0. The Morgan fingerprint density at radius 1 is 1.10 bits per heavy atom. The highest BCUT2D eigenvalue weighted by Gasteiger charge is 2.26. The lowest BCUT2D eigenvalue weighted by Crippen LogP contribution is -2.47. The molecule has 162 valence electrons.